The van der Waals surface area contributed by atoms with E-state index in [4.69, 9.17) is 16.7 Å². The highest BCUT2D eigenvalue weighted by Crippen LogP contribution is 1.90. The van der Waals surface area contributed by atoms with Gasteiger partial charge in [0.1, 0.15) is 0 Å². The van der Waals surface area contributed by atoms with Gasteiger partial charge in [0, 0.05) is 0 Å². The largest absolute Gasteiger partial charge is 0.377 e. The van der Waals surface area contributed by atoms with Gasteiger partial charge in [-0.2, -0.15) is 0 Å². The third kappa shape index (κ3) is 2.04. The average Bonchev–Trinajstić information content (AvgIpc) is 1.64. The second-order valence-corrected chi connectivity index (χ2v) is 1.69. The van der Waals surface area contributed by atoms with Crippen LogP contribution in [0.3, 0.4) is 0 Å². The summed E-state index contributed by atoms with van der Waals surface area (Å²) in [5.74, 6) is -0.634. The van der Waals surface area contributed by atoms with Gasteiger partial charge >= 0.3 is 0 Å². The van der Waals surface area contributed by atoms with E-state index in [1.807, 2.05) is 0 Å². The van der Waals surface area contributed by atoms with Crippen molar-refractivity contribution in [3.8, 4) is 0 Å². The number of hydrogen-bond donors (Lipinski definition) is 1. The van der Waals surface area contributed by atoms with Crippen LogP contribution in [0.2, 0.25) is 0 Å². The van der Waals surface area contributed by atoms with Gasteiger partial charge in [0.05, 0.1) is 0 Å². The first kappa shape index (κ1) is 7.59. The summed E-state index contributed by atoms with van der Waals surface area (Å²) in [4.78, 5) is 19.9. The summed E-state index contributed by atoms with van der Waals surface area (Å²) >= 11 is 4.71. The first-order valence-electron chi connectivity index (χ1n) is 1.93. The molecular weight excluding hydrogens is 131 g/mol. The number of halogens is 1. The Morgan fingerprint density at radius 2 is 2.00 bits per heavy atom. The Morgan fingerprint density at radius 3 is 2.00 bits per heavy atom. The lowest BCUT2D eigenvalue weighted by Gasteiger charge is -1.95. The van der Waals surface area contributed by atoms with Gasteiger partial charge in [0.2, 0.25) is 0 Å². The van der Waals surface area contributed by atoms with Crippen molar-refractivity contribution in [2.75, 3.05) is 0 Å². The molecule has 0 aliphatic heterocycles. The van der Waals surface area contributed by atoms with Crippen molar-refractivity contribution in [3.63, 3.8) is 0 Å². The van der Waals surface area contributed by atoms with E-state index in [1.54, 1.807) is 0 Å². The second-order valence-electron chi connectivity index (χ2n) is 1.32. The van der Waals surface area contributed by atoms with Crippen molar-refractivity contribution in [2.24, 2.45) is 0 Å². The number of carbonyl (C=O) groups excluding carboxylic acids is 2. The Labute approximate surface area is 51.3 Å². The molecule has 0 aromatic heterocycles. The predicted octanol–water partition coefficient (Wildman–Crippen LogP) is -0.298. The van der Waals surface area contributed by atoms with Crippen molar-refractivity contribution in [3.05, 3.63) is 0 Å². The number of carbonyl (C=O) groups is 2. The molecular formula is C4H5ClO3. The summed E-state index contributed by atoms with van der Waals surface area (Å²) in [6.07, 6.45) is -1.64. The van der Waals surface area contributed by atoms with Crippen LogP contribution < -0.4 is 0 Å². The maximum Gasteiger partial charge on any atom is 0.257 e. The zero-order chi connectivity index (χ0) is 6.73. The van der Waals surface area contributed by atoms with E-state index in [-0.39, 0.29) is 0 Å². The number of ketones is 1. The number of Topliss-reactive ketones (excluding diaryl/α,β-unsaturated/α-hetero) is 1. The van der Waals surface area contributed by atoms with Crippen molar-refractivity contribution in [2.45, 2.75) is 13.0 Å². The minimum atomic E-state index is -1.64. The monoisotopic (exact) mass is 136 g/mol. The topological polar surface area (TPSA) is 54.4 Å². The van der Waals surface area contributed by atoms with E-state index in [0.29, 0.717) is 0 Å². The maximum atomic E-state index is 10.0. The molecule has 0 fully saturated rings. The lowest BCUT2D eigenvalue weighted by molar-refractivity contribution is -0.132. The Morgan fingerprint density at radius 1 is 1.62 bits per heavy atom. The molecule has 0 spiro atoms. The van der Waals surface area contributed by atoms with Crippen LogP contribution in [-0.2, 0) is 9.59 Å². The predicted molar refractivity (Wildman–Crippen MR) is 27.5 cm³/mol. The van der Waals surface area contributed by atoms with Gasteiger partial charge in [-0.1, -0.05) is 0 Å². The molecule has 8 heavy (non-hydrogen) atoms. The molecule has 1 atom stereocenters. The molecule has 0 amide bonds. The summed E-state index contributed by atoms with van der Waals surface area (Å²) in [7, 11) is 0. The van der Waals surface area contributed by atoms with Crippen molar-refractivity contribution >= 4 is 22.6 Å². The van der Waals surface area contributed by atoms with Gasteiger partial charge in [-0.15, -0.1) is 0 Å². The zero-order valence-corrected chi connectivity index (χ0v) is 4.97. The fourth-order valence-corrected chi connectivity index (χ4v) is 0.313. The average molecular weight is 137 g/mol. The molecule has 0 heterocycles. The minimum absolute atomic E-state index is 0.634. The molecule has 0 aliphatic carbocycles. The van der Waals surface area contributed by atoms with Crippen LogP contribution in [0.15, 0.2) is 0 Å². The smallest absolute Gasteiger partial charge is 0.257 e. The van der Waals surface area contributed by atoms with Crippen LogP contribution in [0, 0.1) is 0 Å². The van der Waals surface area contributed by atoms with Crippen molar-refractivity contribution in [1.82, 2.24) is 0 Å². The van der Waals surface area contributed by atoms with Crippen LogP contribution in [0.25, 0.3) is 0 Å². The summed E-state index contributed by atoms with van der Waals surface area (Å²) in [6.45, 7) is 1.09. The van der Waals surface area contributed by atoms with E-state index in [2.05, 4.69) is 0 Å². The Kier molecular flexibility index (Phi) is 2.65. The minimum Gasteiger partial charge on any atom is -0.377 e. The van der Waals surface area contributed by atoms with Gasteiger partial charge in [-0.3, -0.25) is 9.59 Å². The van der Waals surface area contributed by atoms with Gasteiger partial charge in [-0.25, -0.2) is 0 Å². The van der Waals surface area contributed by atoms with Gasteiger partial charge in [-0.05, 0) is 18.5 Å². The summed E-state index contributed by atoms with van der Waals surface area (Å²) in [5, 5.41) is 7.34. The molecule has 0 aromatic rings. The Hall–Kier alpha value is -0.410. The Bertz CT molecular complexity index is 106. The highest BCUT2D eigenvalue weighted by atomic mass is 35.5. The van der Waals surface area contributed by atoms with Crippen molar-refractivity contribution in [1.29, 1.82) is 0 Å². The third-order valence-corrected chi connectivity index (χ3v) is 0.807. The molecule has 0 rings (SSSR count). The number of aliphatic hydroxyl groups is 1. The standard InChI is InChI=1S/C4H5ClO3/c1-2(6)3(7)4(5)8/h3,7H,1H3. The first-order valence-corrected chi connectivity index (χ1v) is 2.31. The third-order valence-electron chi connectivity index (χ3n) is 0.600. The lowest BCUT2D eigenvalue weighted by atomic mass is 10.3. The van der Waals surface area contributed by atoms with Crippen LogP contribution in [-0.4, -0.2) is 22.2 Å². The number of rotatable bonds is 2. The second kappa shape index (κ2) is 2.79. The van der Waals surface area contributed by atoms with Crippen LogP contribution in [0.5, 0.6) is 0 Å². The molecule has 3 nitrogen and oxygen atoms in total. The first-order chi connectivity index (χ1) is 3.55. The van der Waals surface area contributed by atoms with Crippen LogP contribution in [0.4, 0.5) is 0 Å². The molecule has 0 aliphatic rings. The van der Waals surface area contributed by atoms with Crippen LogP contribution >= 0.6 is 11.6 Å². The van der Waals surface area contributed by atoms with E-state index in [0.717, 1.165) is 6.92 Å². The highest BCUT2D eigenvalue weighted by Gasteiger charge is 2.16. The van der Waals surface area contributed by atoms with Crippen LogP contribution in [0.1, 0.15) is 6.92 Å². The molecule has 0 saturated heterocycles. The molecule has 1 N–H and O–H groups in total. The molecule has 0 bridgehead atoms. The number of aliphatic hydroxyl groups excluding tert-OH is 1. The number of hydrogen-bond acceptors (Lipinski definition) is 3. The fourth-order valence-electron chi connectivity index (χ4n) is 0.160. The lowest BCUT2D eigenvalue weighted by Crippen LogP contribution is -2.23. The normalized spacial score (nSPS) is 12.9. The van der Waals surface area contributed by atoms with Crippen molar-refractivity contribution < 1.29 is 14.7 Å². The zero-order valence-electron chi connectivity index (χ0n) is 4.22. The fraction of sp³-hybridized carbons (Fsp3) is 0.500. The van der Waals surface area contributed by atoms with E-state index >= 15 is 0 Å². The molecule has 0 aromatic carbocycles. The molecule has 0 saturated carbocycles. The summed E-state index contributed by atoms with van der Waals surface area (Å²) in [5.41, 5.74) is 0. The molecule has 46 valence electrons. The van der Waals surface area contributed by atoms with Gasteiger partial charge < -0.3 is 5.11 Å². The maximum absolute atomic E-state index is 10.0. The summed E-state index contributed by atoms with van der Waals surface area (Å²) < 4.78 is 0. The molecule has 1 unspecified atom stereocenters. The molecule has 4 heteroatoms. The quantitative estimate of drug-likeness (QED) is 0.419. The van der Waals surface area contributed by atoms with Gasteiger partial charge in [0.15, 0.2) is 11.9 Å². The van der Waals surface area contributed by atoms with E-state index in [1.165, 1.54) is 0 Å². The molecule has 0 radical (unpaired) electrons. The van der Waals surface area contributed by atoms with E-state index in [9.17, 15) is 9.59 Å². The summed E-state index contributed by atoms with van der Waals surface area (Å²) in [6, 6.07) is 0. The van der Waals surface area contributed by atoms with Gasteiger partial charge in [0.25, 0.3) is 5.24 Å². The SMILES string of the molecule is CC(=O)C(O)C(=O)Cl. The highest BCUT2D eigenvalue weighted by molar-refractivity contribution is 6.66. The Balaban J connectivity index is 3.83. The van der Waals surface area contributed by atoms with E-state index < -0.39 is 17.1 Å².